The Bertz CT molecular complexity index is 618. The van der Waals surface area contributed by atoms with E-state index in [1.807, 2.05) is 42.1 Å². The van der Waals surface area contributed by atoms with E-state index in [0.29, 0.717) is 13.1 Å². The van der Waals surface area contributed by atoms with Crippen molar-refractivity contribution in [3.05, 3.63) is 54.4 Å². The molecule has 108 valence electrons. The fraction of sp³-hybridized carbons (Fsp3) is 0.250. The fourth-order valence-corrected chi connectivity index (χ4v) is 3.36. The maximum absolute atomic E-state index is 12.1. The number of nitrogens with zero attached hydrogens (tertiary/aromatic N) is 2. The smallest absolute Gasteiger partial charge is 0.239 e. The van der Waals surface area contributed by atoms with Crippen LogP contribution in [0.2, 0.25) is 0 Å². The van der Waals surface area contributed by atoms with Gasteiger partial charge < -0.3 is 10.2 Å². The first-order valence-corrected chi connectivity index (χ1v) is 7.95. The average molecular weight is 299 g/mol. The number of thioether (sulfide) groups is 1. The lowest BCUT2D eigenvalue weighted by atomic mass is 10.2. The summed E-state index contributed by atoms with van der Waals surface area (Å²) < 4.78 is 0. The highest BCUT2D eigenvalue weighted by molar-refractivity contribution is 7.99. The van der Waals surface area contributed by atoms with E-state index in [1.54, 1.807) is 6.20 Å². The first-order valence-electron chi connectivity index (χ1n) is 6.96. The van der Waals surface area contributed by atoms with E-state index < -0.39 is 0 Å². The lowest BCUT2D eigenvalue weighted by molar-refractivity contribution is -0.119. The highest BCUT2D eigenvalue weighted by Gasteiger charge is 2.18. The predicted octanol–water partition coefficient (Wildman–Crippen LogP) is 2.31. The summed E-state index contributed by atoms with van der Waals surface area (Å²) in [4.78, 5) is 19.7. The van der Waals surface area contributed by atoms with E-state index in [4.69, 9.17) is 0 Å². The van der Waals surface area contributed by atoms with Gasteiger partial charge >= 0.3 is 0 Å². The highest BCUT2D eigenvalue weighted by atomic mass is 32.2. The standard InChI is InChI=1S/C16H17N3OS/c20-16(18-11-13-5-3-4-8-17-13)12-19-9-10-21-15-7-2-1-6-14(15)19/h1-8H,9-12H2,(H,18,20). The number of rotatable bonds is 4. The normalized spacial score (nSPS) is 13.6. The van der Waals surface area contributed by atoms with E-state index >= 15 is 0 Å². The predicted molar refractivity (Wildman–Crippen MR) is 85.5 cm³/mol. The van der Waals surface area contributed by atoms with Gasteiger partial charge in [-0.1, -0.05) is 18.2 Å². The number of para-hydroxylation sites is 1. The minimum Gasteiger partial charge on any atom is -0.360 e. The van der Waals surface area contributed by atoms with Crippen LogP contribution in [0, 0.1) is 0 Å². The third-order valence-corrected chi connectivity index (χ3v) is 4.39. The van der Waals surface area contributed by atoms with Crippen molar-refractivity contribution in [3.63, 3.8) is 0 Å². The van der Waals surface area contributed by atoms with Gasteiger partial charge in [-0.25, -0.2) is 0 Å². The van der Waals surface area contributed by atoms with E-state index in [-0.39, 0.29) is 5.91 Å². The molecule has 1 aliphatic rings. The molecule has 2 aromatic rings. The van der Waals surface area contributed by atoms with E-state index in [1.165, 1.54) is 4.90 Å². The Morgan fingerprint density at radius 1 is 1.24 bits per heavy atom. The molecule has 0 saturated carbocycles. The van der Waals surface area contributed by atoms with E-state index in [0.717, 1.165) is 23.7 Å². The van der Waals surface area contributed by atoms with Gasteiger partial charge in [0.1, 0.15) is 0 Å². The third kappa shape index (κ3) is 3.55. The first-order chi connectivity index (χ1) is 10.3. The number of pyridine rings is 1. The quantitative estimate of drug-likeness (QED) is 0.941. The maximum Gasteiger partial charge on any atom is 0.239 e. The molecule has 0 bridgehead atoms. The molecule has 0 atom stereocenters. The van der Waals surface area contributed by atoms with Gasteiger partial charge in [0.2, 0.25) is 5.91 Å². The van der Waals surface area contributed by atoms with Crippen LogP contribution in [0.1, 0.15) is 5.69 Å². The van der Waals surface area contributed by atoms with Crippen LogP contribution in [0.3, 0.4) is 0 Å². The van der Waals surface area contributed by atoms with Crippen molar-refractivity contribution in [1.29, 1.82) is 0 Å². The second kappa shape index (κ2) is 6.63. The van der Waals surface area contributed by atoms with Gasteiger partial charge in [0.15, 0.2) is 0 Å². The van der Waals surface area contributed by atoms with Crippen molar-refractivity contribution in [2.75, 3.05) is 23.7 Å². The molecule has 21 heavy (non-hydrogen) atoms. The first kappa shape index (κ1) is 13.9. The molecule has 1 amide bonds. The van der Waals surface area contributed by atoms with Gasteiger partial charge in [-0.15, -0.1) is 11.8 Å². The number of hydrogen-bond donors (Lipinski definition) is 1. The van der Waals surface area contributed by atoms with Crippen molar-refractivity contribution in [2.45, 2.75) is 11.4 Å². The Balaban J connectivity index is 1.58. The van der Waals surface area contributed by atoms with Gasteiger partial charge in [0.05, 0.1) is 24.5 Å². The van der Waals surface area contributed by atoms with Crippen LogP contribution in [0.5, 0.6) is 0 Å². The lowest BCUT2D eigenvalue weighted by Crippen LogP contribution is -2.39. The van der Waals surface area contributed by atoms with Gasteiger partial charge in [-0.05, 0) is 24.3 Å². The molecule has 4 nitrogen and oxygen atoms in total. The molecule has 0 unspecified atom stereocenters. The second-order valence-corrected chi connectivity index (χ2v) is 5.97. The Morgan fingerprint density at radius 2 is 2.10 bits per heavy atom. The Morgan fingerprint density at radius 3 is 2.95 bits per heavy atom. The summed E-state index contributed by atoms with van der Waals surface area (Å²) in [6, 6.07) is 13.9. The summed E-state index contributed by atoms with van der Waals surface area (Å²) in [5, 5.41) is 2.93. The molecule has 0 fully saturated rings. The number of hydrogen-bond acceptors (Lipinski definition) is 4. The van der Waals surface area contributed by atoms with Crippen LogP contribution in [0.15, 0.2) is 53.6 Å². The van der Waals surface area contributed by atoms with Gasteiger partial charge in [0.25, 0.3) is 0 Å². The highest BCUT2D eigenvalue weighted by Crippen LogP contribution is 2.33. The van der Waals surface area contributed by atoms with Crippen molar-refractivity contribution in [3.8, 4) is 0 Å². The zero-order chi connectivity index (χ0) is 14.5. The van der Waals surface area contributed by atoms with Gasteiger partial charge in [-0.3, -0.25) is 9.78 Å². The van der Waals surface area contributed by atoms with Crippen LogP contribution in [0.25, 0.3) is 0 Å². The molecule has 0 radical (unpaired) electrons. The SMILES string of the molecule is O=C(CN1CCSc2ccccc21)NCc1ccccn1. The zero-order valence-electron chi connectivity index (χ0n) is 11.7. The molecule has 3 rings (SSSR count). The topological polar surface area (TPSA) is 45.2 Å². The van der Waals surface area contributed by atoms with E-state index in [9.17, 15) is 4.79 Å². The summed E-state index contributed by atoms with van der Waals surface area (Å²) in [5.74, 6) is 1.05. The minimum absolute atomic E-state index is 0.0300. The van der Waals surface area contributed by atoms with Crippen molar-refractivity contribution in [1.82, 2.24) is 10.3 Å². The second-order valence-electron chi connectivity index (χ2n) is 4.84. The molecular formula is C16H17N3OS. The summed E-state index contributed by atoms with van der Waals surface area (Å²) in [7, 11) is 0. The molecule has 0 aliphatic carbocycles. The molecule has 0 saturated heterocycles. The summed E-state index contributed by atoms with van der Waals surface area (Å²) >= 11 is 1.85. The number of anilines is 1. The van der Waals surface area contributed by atoms with Crippen molar-refractivity contribution in [2.24, 2.45) is 0 Å². The number of fused-ring (bicyclic) bond motifs is 1. The number of nitrogens with one attached hydrogen (secondary N) is 1. The van der Waals surface area contributed by atoms with Gasteiger partial charge in [-0.2, -0.15) is 0 Å². The van der Waals surface area contributed by atoms with E-state index in [2.05, 4.69) is 27.3 Å². The summed E-state index contributed by atoms with van der Waals surface area (Å²) in [6.07, 6.45) is 1.74. The van der Waals surface area contributed by atoms with Crippen LogP contribution in [0.4, 0.5) is 5.69 Å². The lowest BCUT2D eigenvalue weighted by Gasteiger charge is -2.30. The van der Waals surface area contributed by atoms with Crippen molar-refractivity contribution < 1.29 is 4.79 Å². The van der Waals surface area contributed by atoms with Gasteiger partial charge in [0, 0.05) is 23.4 Å². The summed E-state index contributed by atoms with van der Waals surface area (Å²) in [6.45, 7) is 1.77. The Labute approximate surface area is 128 Å². The monoisotopic (exact) mass is 299 g/mol. The molecular weight excluding hydrogens is 282 g/mol. The molecule has 1 aliphatic heterocycles. The largest absolute Gasteiger partial charge is 0.360 e. The summed E-state index contributed by atoms with van der Waals surface area (Å²) in [5.41, 5.74) is 2.03. The number of aromatic nitrogens is 1. The van der Waals surface area contributed by atoms with Crippen molar-refractivity contribution >= 4 is 23.4 Å². The van der Waals surface area contributed by atoms with Crippen LogP contribution in [-0.4, -0.2) is 29.7 Å². The number of carbonyl (C=O) groups is 1. The zero-order valence-corrected chi connectivity index (χ0v) is 12.5. The molecule has 1 aromatic carbocycles. The molecule has 1 N–H and O–H groups in total. The minimum atomic E-state index is 0.0300. The third-order valence-electron chi connectivity index (χ3n) is 3.35. The number of benzene rings is 1. The molecule has 2 heterocycles. The van der Waals surface area contributed by atoms with Crippen LogP contribution in [-0.2, 0) is 11.3 Å². The number of carbonyl (C=O) groups excluding carboxylic acids is 1. The molecule has 0 spiro atoms. The fourth-order valence-electron chi connectivity index (χ4n) is 2.31. The Hall–Kier alpha value is -2.01. The molecule has 1 aromatic heterocycles. The Kier molecular flexibility index (Phi) is 4.40. The van der Waals surface area contributed by atoms with Crippen LogP contribution >= 0.6 is 11.8 Å². The average Bonchev–Trinajstić information content (AvgIpc) is 2.54. The van der Waals surface area contributed by atoms with Crippen LogP contribution < -0.4 is 10.2 Å². The molecule has 5 heteroatoms. The number of amides is 1. The maximum atomic E-state index is 12.1.